The molecule has 4 nitrogen and oxygen atoms in total. The molecule has 2 aromatic carbocycles. The highest BCUT2D eigenvalue weighted by Crippen LogP contribution is 2.45. The predicted molar refractivity (Wildman–Crippen MR) is 152 cm³/mol. The van der Waals surface area contributed by atoms with Gasteiger partial charge in [0.25, 0.3) is 5.91 Å². The molecule has 7 heteroatoms. The number of carbonyl (C=O) groups excluding carboxylic acids is 1. The smallest absolute Gasteiger partial charge is 0.253 e. The lowest BCUT2D eigenvalue weighted by Gasteiger charge is -2.49. The molecule has 0 aromatic heterocycles. The number of hydrogen-bond acceptors (Lipinski definition) is 3. The summed E-state index contributed by atoms with van der Waals surface area (Å²) in [7, 11) is -2.02. The van der Waals surface area contributed by atoms with Crippen LogP contribution in [-0.2, 0) is 14.0 Å². The Morgan fingerprint density at radius 2 is 1.78 bits per heavy atom. The number of ether oxygens (including phenoxy) is 1. The fraction of sp³-hybridized carbons (Fsp3) is 0.483. The topological polar surface area (TPSA) is 38.8 Å². The van der Waals surface area contributed by atoms with Crippen molar-refractivity contribution in [1.82, 2.24) is 4.90 Å². The fourth-order valence-electron chi connectivity index (χ4n) is 4.33. The number of carbonyl (C=O) groups is 1. The Morgan fingerprint density at radius 3 is 2.33 bits per heavy atom. The number of rotatable bonds is 9. The summed E-state index contributed by atoms with van der Waals surface area (Å²) in [6.07, 6.45) is 1.89. The van der Waals surface area contributed by atoms with E-state index in [-0.39, 0.29) is 23.0 Å². The van der Waals surface area contributed by atoms with Crippen molar-refractivity contribution in [2.45, 2.75) is 83.0 Å². The molecule has 1 aliphatic rings. The Kier molecular flexibility index (Phi) is 9.50. The maximum atomic E-state index is 14.0. The normalized spacial score (nSPS) is 21.9. The summed E-state index contributed by atoms with van der Waals surface area (Å²) in [5.41, 5.74) is 1.88. The van der Waals surface area contributed by atoms with Crippen LogP contribution in [-0.4, -0.2) is 37.9 Å². The highest BCUT2D eigenvalue weighted by Gasteiger charge is 2.47. The van der Waals surface area contributed by atoms with Crippen LogP contribution in [0.5, 0.6) is 0 Å². The lowest BCUT2D eigenvalue weighted by molar-refractivity contribution is -0.180. The zero-order valence-corrected chi connectivity index (χ0v) is 24.8. The van der Waals surface area contributed by atoms with Crippen molar-refractivity contribution in [3.05, 3.63) is 82.4 Å². The van der Waals surface area contributed by atoms with E-state index < -0.39 is 20.5 Å². The lowest BCUT2D eigenvalue weighted by atomic mass is 9.89. The molecule has 196 valence electrons. The molecule has 0 radical (unpaired) electrons. The third-order valence-electron chi connectivity index (χ3n) is 7.50. The number of nitrogens with zero attached hydrogens (tertiary/aromatic N) is 1. The molecular formula is C29H39Cl2NO3Si. The van der Waals surface area contributed by atoms with E-state index in [1.165, 1.54) is 0 Å². The minimum absolute atomic E-state index is 0.0428. The number of amides is 1. The first-order valence-corrected chi connectivity index (χ1v) is 16.3. The quantitative estimate of drug-likeness (QED) is 0.233. The van der Waals surface area contributed by atoms with E-state index >= 15 is 0 Å². The Labute approximate surface area is 227 Å². The SMILES string of the molecule is C=CC[C@@H]1O[C@H](c2cccc(Cl)c2)[C@@H](c2ccc(Cl)cc2)N([C@@H](CC)CO[Si](C)(C)C(C)(C)C)C1=O. The van der Waals surface area contributed by atoms with Crippen molar-refractivity contribution >= 4 is 37.4 Å². The summed E-state index contributed by atoms with van der Waals surface area (Å²) in [5, 5.41) is 1.35. The van der Waals surface area contributed by atoms with Crippen molar-refractivity contribution in [2.75, 3.05) is 6.61 Å². The van der Waals surface area contributed by atoms with Gasteiger partial charge in [0.1, 0.15) is 12.2 Å². The van der Waals surface area contributed by atoms with Crippen LogP contribution in [0, 0.1) is 0 Å². The molecule has 0 saturated carbocycles. The van der Waals surface area contributed by atoms with Crippen LogP contribution < -0.4 is 0 Å². The maximum absolute atomic E-state index is 14.0. The van der Waals surface area contributed by atoms with Gasteiger partial charge in [-0.3, -0.25) is 4.79 Å². The summed E-state index contributed by atoms with van der Waals surface area (Å²) >= 11 is 12.6. The molecule has 1 heterocycles. The van der Waals surface area contributed by atoms with Crippen molar-refractivity contribution < 1.29 is 14.0 Å². The van der Waals surface area contributed by atoms with Crippen LogP contribution in [0.4, 0.5) is 0 Å². The number of morpholine rings is 1. The molecule has 1 fully saturated rings. The average molecular weight is 549 g/mol. The van der Waals surface area contributed by atoms with Gasteiger partial charge in [0, 0.05) is 16.5 Å². The second kappa shape index (κ2) is 11.8. The first kappa shape index (κ1) is 28.9. The molecule has 3 rings (SSSR count). The minimum atomic E-state index is -2.02. The summed E-state index contributed by atoms with van der Waals surface area (Å²) in [6.45, 7) is 17.6. The monoisotopic (exact) mass is 547 g/mol. The molecule has 4 atom stereocenters. The first-order valence-electron chi connectivity index (χ1n) is 12.6. The Balaban J connectivity index is 2.11. The Morgan fingerprint density at radius 1 is 1.11 bits per heavy atom. The summed E-state index contributed by atoms with van der Waals surface area (Å²) in [4.78, 5) is 16.0. The molecule has 0 unspecified atom stereocenters. The van der Waals surface area contributed by atoms with Crippen LogP contribution in [0.1, 0.15) is 63.8 Å². The van der Waals surface area contributed by atoms with Gasteiger partial charge in [-0.15, -0.1) is 6.58 Å². The summed E-state index contributed by atoms with van der Waals surface area (Å²) in [6, 6.07) is 14.9. The van der Waals surface area contributed by atoms with Crippen LogP contribution in [0.15, 0.2) is 61.2 Å². The van der Waals surface area contributed by atoms with E-state index in [0.717, 1.165) is 17.5 Å². The standard InChI is InChI=1S/C29H39Cl2NO3Si/c1-8-11-25-28(33)32(24(9-2)19-34-36(6,7)29(3,4)5)26(20-14-16-22(30)17-15-20)27(35-25)21-12-10-13-23(31)18-21/h8,10,12-18,24-27H,1,9,11,19H2,2-7H3/t24-,25-,26+,27+/m0/s1. The highest BCUT2D eigenvalue weighted by atomic mass is 35.5. The minimum Gasteiger partial charge on any atom is -0.415 e. The van der Waals surface area contributed by atoms with Gasteiger partial charge in [-0.05, 0) is 59.9 Å². The van der Waals surface area contributed by atoms with E-state index in [9.17, 15) is 4.79 Å². The molecule has 2 aromatic rings. The first-order chi connectivity index (χ1) is 16.9. The van der Waals surface area contributed by atoms with Gasteiger partial charge in [-0.25, -0.2) is 0 Å². The van der Waals surface area contributed by atoms with Gasteiger partial charge in [0.2, 0.25) is 0 Å². The third kappa shape index (κ3) is 6.43. The number of hydrogen-bond donors (Lipinski definition) is 0. The van der Waals surface area contributed by atoms with E-state index in [1.807, 2.05) is 53.4 Å². The average Bonchev–Trinajstić information content (AvgIpc) is 2.81. The lowest BCUT2D eigenvalue weighted by Crippen LogP contribution is -2.56. The maximum Gasteiger partial charge on any atom is 0.253 e. The van der Waals surface area contributed by atoms with Crippen molar-refractivity contribution in [3.63, 3.8) is 0 Å². The second-order valence-electron chi connectivity index (χ2n) is 11.0. The van der Waals surface area contributed by atoms with Crippen LogP contribution in [0.3, 0.4) is 0 Å². The van der Waals surface area contributed by atoms with Crippen molar-refractivity contribution in [1.29, 1.82) is 0 Å². The number of benzene rings is 2. The molecule has 0 bridgehead atoms. The Bertz CT molecular complexity index is 1050. The molecular weight excluding hydrogens is 509 g/mol. The predicted octanol–water partition coefficient (Wildman–Crippen LogP) is 8.38. The molecule has 0 aliphatic carbocycles. The molecule has 1 aliphatic heterocycles. The van der Waals surface area contributed by atoms with E-state index in [2.05, 4.69) is 47.4 Å². The van der Waals surface area contributed by atoms with Gasteiger partial charge in [0.05, 0.1) is 18.7 Å². The van der Waals surface area contributed by atoms with Crippen LogP contribution >= 0.6 is 23.2 Å². The van der Waals surface area contributed by atoms with Crippen LogP contribution in [0.25, 0.3) is 0 Å². The Hall–Kier alpha value is -1.63. The molecule has 36 heavy (non-hydrogen) atoms. The highest BCUT2D eigenvalue weighted by molar-refractivity contribution is 6.74. The molecule has 0 N–H and O–H groups in total. The van der Waals surface area contributed by atoms with Crippen molar-refractivity contribution in [2.24, 2.45) is 0 Å². The molecule has 0 spiro atoms. The fourth-order valence-corrected chi connectivity index (χ4v) is 5.70. The van der Waals surface area contributed by atoms with E-state index in [1.54, 1.807) is 6.08 Å². The van der Waals surface area contributed by atoms with Crippen LogP contribution in [0.2, 0.25) is 28.2 Å². The molecule has 1 saturated heterocycles. The zero-order chi connectivity index (χ0) is 26.7. The van der Waals surface area contributed by atoms with E-state index in [4.69, 9.17) is 32.4 Å². The van der Waals surface area contributed by atoms with Gasteiger partial charge in [0.15, 0.2) is 8.32 Å². The van der Waals surface area contributed by atoms with Gasteiger partial charge in [-0.1, -0.05) is 81.2 Å². The van der Waals surface area contributed by atoms with Gasteiger partial charge >= 0.3 is 0 Å². The summed E-state index contributed by atoms with van der Waals surface area (Å²) < 4.78 is 13.2. The third-order valence-corrected chi connectivity index (χ3v) is 12.5. The second-order valence-corrected chi connectivity index (χ2v) is 16.7. The number of halogens is 2. The van der Waals surface area contributed by atoms with E-state index in [0.29, 0.717) is 23.1 Å². The van der Waals surface area contributed by atoms with Crippen molar-refractivity contribution in [3.8, 4) is 0 Å². The zero-order valence-electron chi connectivity index (χ0n) is 22.3. The summed E-state index contributed by atoms with van der Waals surface area (Å²) in [5.74, 6) is -0.0428. The van der Waals surface area contributed by atoms with Gasteiger partial charge in [-0.2, -0.15) is 0 Å². The molecule has 1 amide bonds. The van der Waals surface area contributed by atoms with Gasteiger partial charge < -0.3 is 14.1 Å². The largest absolute Gasteiger partial charge is 0.415 e.